The van der Waals surface area contributed by atoms with E-state index in [-0.39, 0.29) is 0 Å². The van der Waals surface area contributed by atoms with Gasteiger partial charge in [-0.25, -0.2) is 4.98 Å². The van der Waals surface area contributed by atoms with Gasteiger partial charge in [0.15, 0.2) is 0 Å². The Balaban J connectivity index is 1.47. The molecule has 0 N–H and O–H groups in total. The van der Waals surface area contributed by atoms with Crippen LogP contribution in [-0.4, -0.2) is 4.98 Å². The van der Waals surface area contributed by atoms with E-state index < -0.39 is 0 Å². The van der Waals surface area contributed by atoms with Gasteiger partial charge in [0, 0.05) is 16.7 Å². The number of aromatic nitrogens is 1. The summed E-state index contributed by atoms with van der Waals surface area (Å²) in [7, 11) is 0. The summed E-state index contributed by atoms with van der Waals surface area (Å²) in [6.07, 6.45) is 0. The summed E-state index contributed by atoms with van der Waals surface area (Å²) < 4.78 is 0. The van der Waals surface area contributed by atoms with Crippen LogP contribution in [0.15, 0.2) is 176 Å². The van der Waals surface area contributed by atoms with Gasteiger partial charge >= 0.3 is 0 Å². The van der Waals surface area contributed by atoms with Gasteiger partial charge in [-0.3, -0.25) is 0 Å². The lowest BCUT2D eigenvalue weighted by Gasteiger charge is -2.19. The molecule has 0 atom stereocenters. The van der Waals surface area contributed by atoms with E-state index in [4.69, 9.17) is 4.98 Å². The number of hydrogen-bond donors (Lipinski definition) is 0. The van der Waals surface area contributed by atoms with Gasteiger partial charge in [-0.05, 0) is 61.5 Å². The van der Waals surface area contributed by atoms with Gasteiger partial charge in [0.25, 0.3) is 0 Å². The van der Waals surface area contributed by atoms with Crippen molar-refractivity contribution < 1.29 is 0 Å². The normalized spacial score (nSPS) is 11.2. The molecule has 1 heteroatoms. The van der Waals surface area contributed by atoms with Crippen molar-refractivity contribution in [3.8, 4) is 55.9 Å². The van der Waals surface area contributed by atoms with Crippen LogP contribution in [0.3, 0.4) is 0 Å². The van der Waals surface area contributed by atoms with Gasteiger partial charge in [-0.2, -0.15) is 0 Å². The van der Waals surface area contributed by atoms with Crippen molar-refractivity contribution in [1.29, 1.82) is 0 Å². The van der Waals surface area contributed by atoms with Crippen molar-refractivity contribution in [1.82, 2.24) is 4.98 Å². The molecule has 0 spiro atoms. The molecular formula is C43H29N. The molecule has 0 aliphatic carbocycles. The Morgan fingerprint density at radius 2 is 0.750 bits per heavy atom. The first kappa shape index (κ1) is 25.9. The Morgan fingerprint density at radius 3 is 1.32 bits per heavy atom. The molecule has 0 amide bonds. The topological polar surface area (TPSA) is 12.9 Å². The predicted octanol–water partition coefficient (Wildman–Crippen LogP) is 11.7. The number of benzene rings is 7. The zero-order valence-electron chi connectivity index (χ0n) is 24.2. The Hall–Kier alpha value is -5.79. The van der Waals surface area contributed by atoms with E-state index in [1.54, 1.807) is 0 Å². The quantitative estimate of drug-likeness (QED) is 0.191. The number of rotatable bonds is 5. The van der Waals surface area contributed by atoms with Gasteiger partial charge in [0.1, 0.15) is 0 Å². The second kappa shape index (κ2) is 11.1. The molecule has 44 heavy (non-hydrogen) atoms. The first-order valence-electron chi connectivity index (χ1n) is 15.1. The molecular weight excluding hydrogens is 530 g/mol. The molecule has 206 valence electrons. The van der Waals surface area contributed by atoms with Gasteiger partial charge in [0.05, 0.1) is 11.4 Å². The largest absolute Gasteiger partial charge is 0.247 e. The molecule has 1 heterocycles. The maximum absolute atomic E-state index is 5.34. The fourth-order valence-electron chi connectivity index (χ4n) is 6.46. The van der Waals surface area contributed by atoms with Crippen LogP contribution < -0.4 is 0 Å². The average Bonchev–Trinajstić information content (AvgIpc) is 3.11. The standard InChI is InChI=1S/C43H29N/c1-5-15-30(16-6-1)35-27-28-40(31-17-7-2-8-18-31)44-43(35)34-25-26-38-39(29-34)42(33-21-11-4-12-22-33)37-24-14-13-23-36(37)41(38)32-19-9-3-10-20-32/h1-29H. The minimum absolute atomic E-state index is 0.965. The summed E-state index contributed by atoms with van der Waals surface area (Å²) in [4.78, 5) is 5.34. The third-order valence-electron chi connectivity index (χ3n) is 8.47. The van der Waals surface area contributed by atoms with E-state index in [0.29, 0.717) is 0 Å². The van der Waals surface area contributed by atoms with Crippen molar-refractivity contribution in [2.75, 3.05) is 0 Å². The Kier molecular flexibility index (Phi) is 6.55. The Bertz CT molecular complexity index is 2240. The average molecular weight is 560 g/mol. The molecule has 1 nitrogen and oxygen atoms in total. The summed E-state index contributed by atoms with van der Waals surface area (Å²) in [6.45, 7) is 0. The highest BCUT2D eigenvalue weighted by molar-refractivity contribution is 6.22. The number of nitrogens with zero attached hydrogens (tertiary/aromatic N) is 1. The maximum Gasteiger partial charge on any atom is 0.0788 e. The van der Waals surface area contributed by atoms with Gasteiger partial charge < -0.3 is 0 Å². The SMILES string of the molecule is c1ccc(-c2ccc(-c3ccccc3)c(-c3ccc4c(-c5ccccc5)c5ccccc5c(-c5ccccc5)c4c3)n2)cc1. The summed E-state index contributed by atoms with van der Waals surface area (Å²) in [6, 6.07) is 62.7. The van der Waals surface area contributed by atoms with E-state index in [1.165, 1.54) is 43.8 Å². The zero-order chi connectivity index (χ0) is 29.3. The van der Waals surface area contributed by atoms with Crippen molar-refractivity contribution in [3.63, 3.8) is 0 Å². The highest BCUT2D eigenvalue weighted by atomic mass is 14.7. The second-order valence-electron chi connectivity index (χ2n) is 11.1. The van der Waals surface area contributed by atoms with E-state index in [9.17, 15) is 0 Å². The van der Waals surface area contributed by atoms with Gasteiger partial charge in [-0.15, -0.1) is 0 Å². The molecule has 0 saturated carbocycles. The molecule has 0 bridgehead atoms. The number of fused-ring (bicyclic) bond motifs is 2. The van der Waals surface area contributed by atoms with Crippen LogP contribution >= 0.6 is 0 Å². The van der Waals surface area contributed by atoms with Crippen molar-refractivity contribution >= 4 is 21.5 Å². The summed E-state index contributed by atoms with van der Waals surface area (Å²) >= 11 is 0. The molecule has 0 saturated heterocycles. The van der Waals surface area contributed by atoms with E-state index in [1.807, 2.05) is 6.07 Å². The number of hydrogen-bond acceptors (Lipinski definition) is 1. The highest BCUT2D eigenvalue weighted by Crippen LogP contribution is 2.45. The Labute approximate surface area is 257 Å². The molecule has 0 aliphatic rings. The lowest BCUT2D eigenvalue weighted by molar-refractivity contribution is 1.32. The third-order valence-corrected chi connectivity index (χ3v) is 8.47. The smallest absolute Gasteiger partial charge is 0.0788 e. The molecule has 8 rings (SSSR count). The molecule has 1 aromatic heterocycles. The summed E-state index contributed by atoms with van der Waals surface area (Å²) in [5, 5.41) is 4.96. The van der Waals surface area contributed by atoms with E-state index in [2.05, 4.69) is 170 Å². The van der Waals surface area contributed by atoms with Crippen LogP contribution in [0, 0.1) is 0 Å². The highest BCUT2D eigenvalue weighted by Gasteiger charge is 2.19. The maximum atomic E-state index is 5.34. The predicted molar refractivity (Wildman–Crippen MR) is 186 cm³/mol. The monoisotopic (exact) mass is 559 g/mol. The second-order valence-corrected chi connectivity index (χ2v) is 11.1. The first-order chi connectivity index (χ1) is 21.8. The Morgan fingerprint density at radius 1 is 0.295 bits per heavy atom. The molecule has 0 fully saturated rings. The van der Waals surface area contributed by atoms with Gasteiger partial charge in [0.2, 0.25) is 0 Å². The van der Waals surface area contributed by atoms with Crippen LogP contribution in [-0.2, 0) is 0 Å². The summed E-state index contributed by atoms with van der Waals surface area (Å²) in [5.74, 6) is 0. The first-order valence-corrected chi connectivity index (χ1v) is 15.1. The molecule has 0 aliphatic heterocycles. The minimum atomic E-state index is 0.965. The number of pyridine rings is 1. The summed E-state index contributed by atoms with van der Waals surface area (Å²) in [5.41, 5.74) is 11.4. The minimum Gasteiger partial charge on any atom is -0.247 e. The van der Waals surface area contributed by atoms with Crippen LogP contribution in [0.5, 0.6) is 0 Å². The lowest BCUT2D eigenvalue weighted by Crippen LogP contribution is -1.95. The van der Waals surface area contributed by atoms with Crippen LogP contribution in [0.1, 0.15) is 0 Å². The molecule has 0 radical (unpaired) electrons. The van der Waals surface area contributed by atoms with Crippen LogP contribution in [0.25, 0.3) is 77.4 Å². The fraction of sp³-hybridized carbons (Fsp3) is 0. The van der Waals surface area contributed by atoms with Crippen molar-refractivity contribution in [2.24, 2.45) is 0 Å². The molecule has 7 aromatic carbocycles. The van der Waals surface area contributed by atoms with Crippen LogP contribution in [0.4, 0.5) is 0 Å². The van der Waals surface area contributed by atoms with Crippen molar-refractivity contribution in [3.05, 3.63) is 176 Å². The lowest BCUT2D eigenvalue weighted by atomic mass is 9.85. The van der Waals surface area contributed by atoms with E-state index >= 15 is 0 Å². The van der Waals surface area contributed by atoms with Crippen molar-refractivity contribution in [2.45, 2.75) is 0 Å². The fourth-order valence-corrected chi connectivity index (χ4v) is 6.46. The third kappa shape index (κ3) is 4.56. The molecule has 0 unspecified atom stereocenters. The van der Waals surface area contributed by atoms with Gasteiger partial charge in [-0.1, -0.05) is 164 Å². The zero-order valence-corrected chi connectivity index (χ0v) is 24.2. The van der Waals surface area contributed by atoms with E-state index in [0.717, 1.165) is 33.6 Å². The van der Waals surface area contributed by atoms with Crippen LogP contribution in [0.2, 0.25) is 0 Å². The molecule has 8 aromatic rings.